The van der Waals surface area contributed by atoms with E-state index in [1.54, 1.807) is 18.9 Å². The fourth-order valence-electron chi connectivity index (χ4n) is 3.66. The number of hydrogen-bond donors (Lipinski definition) is 5. The first-order chi connectivity index (χ1) is 20.0. The van der Waals surface area contributed by atoms with E-state index in [-0.39, 0.29) is 5.96 Å². The molecule has 0 fully saturated rings. The fourth-order valence-corrected chi connectivity index (χ4v) is 5.24. The minimum atomic E-state index is -0.123. The topological polar surface area (TPSA) is 164 Å². The van der Waals surface area contributed by atoms with Gasteiger partial charge in [-0.25, -0.2) is 9.97 Å². The molecule has 0 radical (unpaired) electrons. The van der Waals surface area contributed by atoms with Crippen molar-refractivity contribution in [1.82, 2.24) is 25.5 Å². The molecule has 12 nitrogen and oxygen atoms in total. The predicted octanol–water partition coefficient (Wildman–Crippen LogP) is 2.74. The summed E-state index contributed by atoms with van der Waals surface area (Å²) in [4.78, 5) is 18.0. The third-order valence-electron chi connectivity index (χ3n) is 5.77. The van der Waals surface area contributed by atoms with Gasteiger partial charge in [0.05, 0.1) is 19.3 Å². The molecule has 0 bridgehead atoms. The summed E-state index contributed by atoms with van der Waals surface area (Å²) in [5, 5.41) is 27.5. The maximum atomic E-state index is 9.11. The highest BCUT2D eigenvalue weighted by atomic mass is 32.2. The van der Waals surface area contributed by atoms with Crippen molar-refractivity contribution in [2.75, 3.05) is 62.9 Å². The Bertz CT molecular complexity index is 1260. The standard InChI is InChI=1S/C27H37N11OS2/c1-37(14-15-38(24-5-3-4-10-31-24)17-21-6-8-23(39-2)9-7-21)13-11-32-26(34-20-28)33-12-16-40-18-22-19-41-27(35-22)36-25(29)30/h3-10,19H,11-18H2,1-2H3,(H2,32,33,34)(H4,29,30,35,36). The molecule has 0 spiro atoms. The molecule has 0 amide bonds. The number of nitrogens with zero attached hydrogens (tertiary/aromatic N) is 6. The molecule has 3 rings (SSSR count). The third-order valence-corrected chi connectivity index (χ3v) is 7.56. The first-order valence-electron chi connectivity index (χ1n) is 13.0. The van der Waals surface area contributed by atoms with Crippen molar-refractivity contribution >= 4 is 46.0 Å². The minimum absolute atomic E-state index is 0.123. The molecule has 218 valence electrons. The van der Waals surface area contributed by atoms with E-state index in [1.807, 2.05) is 48.1 Å². The van der Waals surface area contributed by atoms with E-state index in [1.165, 1.54) is 16.9 Å². The number of methoxy groups -OCH3 is 1. The number of pyridine rings is 1. The molecule has 0 aliphatic rings. The van der Waals surface area contributed by atoms with Crippen molar-refractivity contribution in [1.29, 1.82) is 10.7 Å². The lowest BCUT2D eigenvalue weighted by molar-refractivity contribution is 0.348. The van der Waals surface area contributed by atoms with E-state index in [4.69, 9.17) is 21.1 Å². The van der Waals surface area contributed by atoms with Gasteiger partial charge >= 0.3 is 0 Å². The van der Waals surface area contributed by atoms with Crippen molar-refractivity contribution in [2.24, 2.45) is 10.7 Å². The molecule has 0 aliphatic carbocycles. The van der Waals surface area contributed by atoms with Crippen LogP contribution in [0.2, 0.25) is 0 Å². The molecule has 2 heterocycles. The highest BCUT2D eigenvalue weighted by Gasteiger charge is 2.11. The van der Waals surface area contributed by atoms with E-state index in [9.17, 15) is 0 Å². The number of anilines is 2. The summed E-state index contributed by atoms with van der Waals surface area (Å²) >= 11 is 3.13. The fraction of sp³-hybridized carbons (Fsp3) is 0.370. The number of rotatable bonds is 16. The smallest absolute Gasteiger partial charge is 0.204 e. The highest BCUT2D eigenvalue weighted by molar-refractivity contribution is 7.98. The molecule has 3 aromatic rings. The molecule has 14 heteroatoms. The Balaban J connectivity index is 1.41. The second kappa shape index (κ2) is 17.6. The average Bonchev–Trinajstić information content (AvgIpc) is 3.42. The summed E-state index contributed by atoms with van der Waals surface area (Å²) in [6, 6.07) is 14.0. The Morgan fingerprint density at radius 2 is 2.05 bits per heavy atom. The van der Waals surface area contributed by atoms with Crippen molar-refractivity contribution in [2.45, 2.75) is 12.3 Å². The first kappa shape index (κ1) is 31.5. The SMILES string of the molecule is COc1ccc(CN(CCN(C)CCN=C(NC#N)NCCSCc2csc(NC(=N)N)n2)c2ccccn2)cc1. The molecule has 0 aliphatic heterocycles. The van der Waals surface area contributed by atoms with E-state index < -0.39 is 0 Å². The summed E-state index contributed by atoms with van der Waals surface area (Å²) in [6.07, 6.45) is 3.76. The van der Waals surface area contributed by atoms with Gasteiger partial charge in [0.15, 0.2) is 17.3 Å². The molecule has 0 atom stereocenters. The van der Waals surface area contributed by atoms with Crippen molar-refractivity contribution < 1.29 is 4.74 Å². The van der Waals surface area contributed by atoms with Gasteiger partial charge in [-0.15, -0.1) is 11.3 Å². The zero-order valence-electron chi connectivity index (χ0n) is 23.3. The van der Waals surface area contributed by atoms with Crippen LogP contribution < -0.4 is 31.3 Å². The Morgan fingerprint density at radius 1 is 1.22 bits per heavy atom. The number of aromatic nitrogens is 2. The second-order valence-electron chi connectivity index (χ2n) is 8.89. The largest absolute Gasteiger partial charge is 0.497 e. The van der Waals surface area contributed by atoms with Gasteiger partial charge in [-0.2, -0.15) is 17.0 Å². The molecule has 41 heavy (non-hydrogen) atoms. The van der Waals surface area contributed by atoms with Crippen LogP contribution in [0.3, 0.4) is 0 Å². The number of nitrogens with two attached hydrogens (primary N) is 1. The molecule has 0 saturated heterocycles. The molecule has 6 N–H and O–H groups in total. The zero-order chi connectivity index (χ0) is 29.3. The van der Waals surface area contributed by atoms with Crippen LogP contribution in [-0.2, 0) is 12.3 Å². The Labute approximate surface area is 249 Å². The van der Waals surface area contributed by atoms with E-state index in [0.717, 1.165) is 54.9 Å². The molecular formula is C27H37N11OS2. The van der Waals surface area contributed by atoms with Gasteiger partial charge in [0, 0.05) is 55.8 Å². The summed E-state index contributed by atoms with van der Waals surface area (Å²) in [6.45, 7) is 4.31. The van der Waals surface area contributed by atoms with E-state index in [0.29, 0.717) is 24.2 Å². The lowest BCUT2D eigenvalue weighted by atomic mass is 10.2. The van der Waals surface area contributed by atoms with Gasteiger partial charge in [-0.3, -0.25) is 15.7 Å². The highest BCUT2D eigenvalue weighted by Crippen LogP contribution is 2.19. The number of benzene rings is 1. The molecule has 0 unspecified atom stereocenters. The third kappa shape index (κ3) is 11.9. The normalized spacial score (nSPS) is 11.1. The first-order valence-corrected chi connectivity index (χ1v) is 15.0. The van der Waals surface area contributed by atoms with Crippen LogP contribution in [-0.4, -0.2) is 79.4 Å². The van der Waals surface area contributed by atoms with Gasteiger partial charge in [0.1, 0.15) is 11.6 Å². The maximum absolute atomic E-state index is 9.11. The van der Waals surface area contributed by atoms with E-state index >= 15 is 0 Å². The maximum Gasteiger partial charge on any atom is 0.204 e. The Hall–Kier alpha value is -4.06. The number of likely N-dealkylation sites (N-methyl/N-ethyl adjacent to an activating group) is 1. The molecule has 1 aromatic carbocycles. The number of aliphatic imine (C=N–C) groups is 1. The monoisotopic (exact) mass is 595 g/mol. The predicted molar refractivity (Wildman–Crippen MR) is 169 cm³/mol. The van der Waals surface area contributed by atoms with Crippen LogP contribution in [0.5, 0.6) is 5.75 Å². The number of nitrogens with one attached hydrogen (secondary N) is 4. The summed E-state index contributed by atoms with van der Waals surface area (Å²) in [5.74, 6) is 3.68. The Morgan fingerprint density at radius 3 is 2.76 bits per heavy atom. The number of guanidine groups is 2. The van der Waals surface area contributed by atoms with Crippen LogP contribution in [0.15, 0.2) is 59.0 Å². The van der Waals surface area contributed by atoms with Crippen LogP contribution >= 0.6 is 23.1 Å². The van der Waals surface area contributed by atoms with Crippen molar-refractivity contribution in [3.8, 4) is 11.9 Å². The summed E-state index contributed by atoms with van der Waals surface area (Å²) in [5.41, 5.74) is 7.45. The van der Waals surface area contributed by atoms with Gasteiger partial charge in [-0.1, -0.05) is 18.2 Å². The van der Waals surface area contributed by atoms with Gasteiger partial charge < -0.3 is 30.9 Å². The summed E-state index contributed by atoms with van der Waals surface area (Å²) in [7, 11) is 3.73. The van der Waals surface area contributed by atoms with Gasteiger partial charge in [0.25, 0.3) is 0 Å². The molecular weight excluding hydrogens is 559 g/mol. The number of thioether (sulfide) groups is 1. The number of hydrogen-bond acceptors (Lipinski definition) is 10. The van der Waals surface area contributed by atoms with Crippen LogP contribution in [0.1, 0.15) is 11.3 Å². The molecule has 0 saturated carbocycles. The number of thiazole rings is 1. The molecule has 2 aromatic heterocycles. The second-order valence-corrected chi connectivity index (χ2v) is 10.9. The Kier molecular flexibility index (Phi) is 13.5. The lowest BCUT2D eigenvalue weighted by Crippen LogP contribution is -2.37. The van der Waals surface area contributed by atoms with Gasteiger partial charge in [-0.05, 0) is 36.9 Å². The van der Waals surface area contributed by atoms with Crippen LogP contribution in [0.25, 0.3) is 0 Å². The van der Waals surface area contributed by atoms with E-state index in [2.05, 4.69) is 59.9 Å². The lowest BCUT2D eigenvalue weighted by Gasteiger charge is -2.26. The number of nitriles is 1. The average molecular weight is 596 g/mol. The number of ether oxygens (including phenoxy) is 1. The van der Waals surface area contributed by atoms with Crippen LogP contribution in [0, 0.1) is 16.9 Å². The summed E-state index contributed by atoms with van der Waals surface area (Å²) < 4.78 is 5.28. The quantitative estimate of drug-likeness (QED) is 0.0544. The van der Waals surface area contributed by atoms with Crippen molar-refractivity contribution in [3.63, 3.8) is 0 Å². The minimum Gasteiger partial charge on any atom is -0.497 e. The van der Waals surface area contributed by atoms with Gasteiger partial charge in [0.2, 0.25) is 5.96 Å². The van der Waals surface area contributed by atoms with Crippen LogP contribution in [0.4, 0.5) is 10.9 Å². The zero-order valence-corrected chi connectivity index (χ0v) is 25.0. The van der Waals surface area contributed by atoms with Crippen molar-refractivity contribution in [3.05, 3.63) is 65.3 Å².